The van der Waals surface area contributed by atoms with Crippen molar-refractivity contribution in [2.24, 2.45) is 0 Å². The molecular formula is C18H14ClF3N4O. The Morgan fingerprint density at radius 1 is 1.15 bits per heavy atom. The maximum absolute atomic E-state index is 14.7. The predicted molar refractivity (Wildman–Crippen MR) is 98.2 cm³/mol. The normalized spacial score (nSPS) is 13.9. The van der Waals surface area contributed by atoms with E-state index < -0.39 is 28.7 Å². The summed E-state index contributed by atoms with van der Waals surface area (Å²) in [4.78, 5) is 18.0. The molecule has 0 unspecified atom stereocenters. The zero-order chi connectivity index (χ0) is 19.5. The molecule has 1 saturated heterocycles. The lowest BCUT2D eigenvalue weighted by atomic mass is 10.1. The molecule has 0 saturated carbocycles. The molecule has 3 aromatic rings. The molecule has 0 atom stereocenters. The Morgan fingerprint density at radius 3 is 2.48 bits per heavy atom. The highest BCUT2D eigenvalue weighted by molar-refractivity contribution is 6.38. The van der Waals surface area contributed by atoms with Crippen LogP contribution in [-0.2, 0) is 0 Å². The van der Waals surface area contributed by atoms with E-state index in [1.165, 1.54) is 17.7 Å². The van der Waals surface area contributed by atoms with Crippen LogP contribution in [0.4, 0.5) is 24.7 Å². The lowest BCUT2D eigenvalue weighted by molar-refractivity contribution is 0.570. The van der Waals surface area contributed by atoms with Crippen LogP contribution in [0.1, 0.15) is 12.0 Å². The van der Waals surface area contributed by atoms with Gasteiger partial charge in [0.05, 0.1) is 21.6 Å². The van der Waals surface area contributed by atoms with Crippen LogP contribution in [-0.4, -0.2) is 22.6 Å². The number of nitrogen functional groups attached to an aromatic ring is 1. The molecule has 0 radical (unpaired) electrons. The number of fused-ring (bicyclic) bond motifs is 1. The molecule has 1 fully saturated rings. The minimum absolute atomic E-state index is 0.0223. The van der Waals surface area contributed by atoms with Crippen LogP contribution in [0.15, 0.2) is 23.1 Å². The number of anilines is 2. The van der Waals surface area contributed by atoms with Gasteiger partial charge in [0.1, 0.15) is 5.82 Å². The molecule has 0 aliphatic carbocycles. The summed E-state index contributed by atoms with van der Waals surface area (Å²) in [6.07, 6.45) is 2.22. The van der Waals surface area contributed by atoms with Gasteiger partial charge in [0.15, 0.2) is 28.7 Å². The number of aryl methyl sites for hydroxylation is 1. The second-order valence-electron chi connectivity index (χ2n) is 6.43. The first kappa shape index (κ1) is 17.7. The van der Waals surface area contributed by atoms with Crippen LogP contribution >= 0.6 is 11.6 Å². The third-order valence-electron chi connectivity index (χ3n) is 4.67. The monoisotopic (exact) mass is 394 g/mol. The van der Waals surface area contributed by atoms with Crippen LogP contribution in [0.2, 0.25) is 5.02 Å². The van der Waals surface area contributed by atoms with E-state index in [-0.39, 0.29) is 33.0 Å². The Bertz CT molecular complexity index is 1160. The molecule has 5 nitrogen and oxygen atoms in total. The van der Waals surface area contributed by atoms with Gasteiger partial charge in [0.25, 0.3) is 0 Å². The van der Waals surface area contributed by atoms with Gasteiger partial charge in [-0.3, -0.25) is 9.36 Å². The van der Waals surface area contributed by atoms with Crippen LogP contribution in [0.25, 0.3) is 16.7 Å². The second-order valence-corrected chi connectivity index (χ2v) is 6.81. The van der Waals surface area contributed by atoms with Gasteiger partial charge in [-0.25, -0.2) is 18.2 Å². The zero-order valence-electron chi connectivity index (χ0n) is 14.2. The summed E-state index contributed by atoms with van der Waals surface area (Å²) in [5.41, 5.74) is 5.50. The van der Waals surface area contributed by atoms with Gasteiger partial charge in [-0.05, 0) is 19.4 Å². The topological polar surface area (TPSA) is 64.2 Å². The van der Waals surface area contributed by atoms with E-state index in [0.717, 1.165) is 12.5 Å². The zero-order valence-corrected chi connectivity index (χ0v) is 14.9. The third-order valence-corrected chi connectivity index (χ3v) is 5.03. The predicted octanol–water partition coefficient (Wildman–Crippen LogP) is 3.56. The first-order valence-electron chi connectivity index (χ1n) is 8.20. The van der Waals surface area contributed by atoms with Crippen molar-refractivity contribution in [3.05, 3.63) is 56.6 Å². The Kier molecular flexibility index (Phi) is 4.03. The fourth-order valence-electron chi connectivity index (χ4n) is 3.17. The Balaban J connectivity index is 2.14. The van der Waals surface area contributed by atoms with Crippen molar-refractivity contribution in [1.29, 1.82) is 0 Å². The van der Waals surface area contributed by atoms with E-state index in [2.05, 4.69) is 4.98 Å². The van der Waals surface area contributed by atoms with E-state index in [4.69, 9.17) is 17.3 Å². The van der Waals surface area contributed by atoms with Gasteiger partial charge in [-0.2, -0.15) is 0 Å². The number of hydrogen-bond donors (Lipinski definition) is 1. The van der Waals surface area contributed by atoms with Crippen molar-refractivity contribution in [2.75, 3.05) is 23.7 Å². The molecule has 2 N–H and O–H groups in total. The summed E-state index contributed by atoms with van der Waals surface area (Å²) in [6, 6.07) is 1.69. The van der Waals surface area contributed by atoms with Gasteiger partial charge in [-0.15, -0.1) is 0 Å². The highest BCUT2D eigenvalue weighted by Gasteiger charge is 2.26. The van der Waals surface area contributed by atoms with Gasteiger partial charge in [0.2, 0.25) is 0 Å². The van der Waals surface area contributed by atoms with Crippen LogP contribution in [0.5, 0.6) is 0 Å². The number of nitrogens with two attached hydrogens (primary N) is 1. The van der Waals surface area contributed by atoms with Gasteiger partial charge in [-0.1, -0.05) is 11.6 Å². The summed E-state index contributed by atoms with van der Waals surface area (Å²) in [7, 11) is 0. The minimum atomic E-state index is -1.00. The standard InChI is InChI=1S/C18H14ClF3N4O/c1-8-7-26(18-12(22)6-11(21)17(23)24-18)14-9(16(8)27)5-10(20)15(13(14)19)25-3-2-4-25/h5-7H,2-4H2,1H3,(H2,23,24). The molecule has 0 amide bonds. The van der Waals surface area contributed by atoms with E-state index in [1.54, 1.807) is 4.90 Å². The first-order valence-corrected chi connectivity index (χ1v) is 8.58. The largest absolute Gasteiger partial charge is 0.381 e. The molecule has 1 aliphatic rings. The molecule has 140 valence electrons. The van der Waals surface area contributed by atoms with Gasteiger partial charge in [0, 0.05) is 30.9 Å². The quantitative estimate of drug-likeness (QED) is 0.722. The maximum Gasteiger partial charge on any atom is 0.192 e. The van der Waals surface area contributed by atoms with Crippen molar-refractivity contribution in [1.82, 2.24) is 9.55 Å². The van der Waals surface area contributed by atoms with E-state index in [9.17, 15) is 18.0 Å². The average molecular weight is 395 g/mol. The van der Waals surface area contributed by atoms with E-state index >= 15 is 0 Å². The van der Waals surface area contributed by atoms with Crippen molar-refractivity contribution in [3.8, 4) is 5.82 Å². The molecule has 1 aliphatic heterocycles. The number of nitrogens with zero attached hydrogens (tertiary/aromatic N) is 3. The molecule has 27 heavy (non-hydrogen) atoms. The Morgan fingerprint density at radius 2 is 1.85 bits per heavy atom. The summed E-state index contributed by atoms with van der Waals surface area (Å²) in [6.45, 7) is 2.74. The molecule has 3 heterocycles. The fraction of sp³-hybridized carbons (Fsp3) is 0.222. The molecule has 1 aromatic carbocycles. The highest BCUT2D eigenvalue weighted by Crippen LogP contribution is 2.38. The summed E-state index contributed by atoms with van der Waals surface area (Å²) in [5, 5.41) is -0.0585. The molecular weight excluding hydrogens is 381 g/mol. The third kappa shape index (κ3) is 2.63. The van der Waals surface area contributed by atoms with E-state index in [0.29, 0.717) is 19.2 Å². The highest BCUT2D eigenvalue weighted by atomic mass is 35.5. The molecule has 0 spiro atoms. The number of rotatable bonds is 2. The van der Waals surface area contributed by atoms with Crippen molar-refractivity contribution in [2.45, 2.75) is 13.3 Å². The maximum atomic E-state index is 14.7. The van der Waals surface area contributed by atoms with Crippen molar-refractivity contribution >= 4 is 34.0 Å². The van der Waals surface area contributed by atoms with Crippen molar-refractivity contribution in [3.63, 3.8) is 0 Å². The van der Waals surface area contributed by atoms with Crippen molar-refractivity contribution < 1.29 is 13.2 Å². The molecule has 2 aromatic heterocycles. The fourth-order valence-corrected chi connectivity index (χ4v) is 3.58. The van der Waals surface area contributed by atoms with E-state index in [1.807, 2.05) is 0 Å². The Labute approximate surface area is 156 Å². The Hall–Kier alpha value is -2.74. The lowest BCUT2D eigenvalue weighted by Crippen LogP contribution is -2.38. The number of benzene rings is 1. The number of halogens is 4. The van der Waals surface area contributed by atoms with Gasteiger partial charge < -0.3 is 10.6 Å². The second kappa shape index (κ2) is 6.16. The molecule has 4 rings (SSSR count). The smallest absolute Gasteiger partial charge is 0.192 e. The summed E-state index contributed by atoms with van der Waals surface area (Å²) in [5.74, 6) is -3.45. The SMILES string of the molecule is Cc1cn(-c2nc(N)c(F)cc2F)c2c(Cl)c(N3CCC3)c(F)cc2c1=O. The van der Waals surface area contributed by atoms with Crippen LogP contribution in [0, 0.1) is 24.4 Å². The number of hydrogen-bond acceptors (Lipinski definition) is 4. The molecule has 9 heteroatoms. The average Bonchev–Trinajstić information content (AvgIpc) is 2.56. The van der Waals surface area contributed by atoms with Crippen LogP contribution in [0.3, 0.4) is 0 Å². The number of pyridine rings is 2. The minimum Gasteiger partial charge on any atom is -0.381 e. The summed E-state index contributed by atoms with van der Waals surface area (Å²) >= 11 is 6.46. The molecule has 0 bridgehead atoms. The van der Waals surface area contributed by atoms with Crippen LogP contribution < -0.4 is 16.1 Å². The number of aromatic nitrogens is 2. The lowest BCUT2D eigenvalue weighted by Gasteiger charge is -2.34. The first-order chi connectivity index (χ1) is 12.8. The van der Waals surface area contributed by atoms with Gasteiger partial charge >= 0.3 is 0 Å². The summed E-state index contributed by atoms with van der Waals surface area (Å²) < 4.78 is 43.8.